The highest BCUT2D eigenvalue weighted by Crippen LogP contribution is 2.42. The SMILES string of the molecule is COc1ccc(F)cc1CNC(=O)C1(C)COc2c(oc3cc(C(=O)NC4(C)COC4)ccc23)C(=O)N1[C@H]1C[C@@H](OC)C1. The van der Waals surface area contributed by atoms with Crippen molar-refractivity contribution >= 4 is 28.7 Å². The highest BCUT2D eigenvalue weighted by molar-refractivity contribution is 6.06. The van der Waals surface area contributed by atoms with Gasteiger partial charge in [-0.3, -0.25) is 14.4 Å². The van der Waals surface area contributed by atoms with Crippen molar-refractivity contribution in [2.24, 2.45) is 0 Å². The number of rotatable bonds is 8. The fourth-order valence-electron chi connectivity index (χ4n) is 5.88. The molecule has 2 N–H and O–H groups in total. The topological polar surface area (TPSA) is 129 Å². The van der Waals surface area contributed by atoms with Crippen LogP contribution in [-0.4, -0.2) is 79.9 Å². The lowest BCUT2D eigenvalue weighted by Crippen LogP contribution is -2.66. The predicted octanol–water partition coefficient (Wildman–Crippen LogP) is 3.19. The summed E-state index contributed by atoms with van der Waals surface area (Å²) >= 11 is 0. The summed E-state index contributed by atoms with van der Waals surface area (Å²) in [4.78, 5) is 42.4. The molecule has 1 atom stereocenters. The van der Waals surface area contributed by atoms with E-state index in [0.29, 0.717) is 53.9 Å². The number of carbonyl (C=O) groups excluding carboxylic acids is 3. The first-order valence-corrected chi connectivity index (χ1v) is 14.1. The number of halogens is 1. The first-order valence-electron chi connectivity index (χ1n) is 14.1. The van der Waals surface area contributed by atoms with E-state index in [1.807, 2.05) is 6.92 Å². The molecule has 6 rings (SSSR count). The van der Waals surface area contributed by atoms with Crippen LogP contribution in [0.3, 0.4) is 0 Å². The van der Waals surface area contributed by atoms with Gasteiger partial charge in [0.2, 0.25) is 11.7 Å². The van der Waals surface area contributed by atoms with Crippen molar-refractivity contribution in [3.05, 3.63) is 59.1 Å². The fraction of sp³-hybridized carbons (Fsp3) is 0.452. The molecule has 1 aliphatic carbocycles. The molecule has 11 nitrogen and oxygen atoms in total. The minimum absolute atomic E-state index is 0.0226. The number of hydrogen-bond donors (Lipinski definition) is 2. The smallest absolute Gasteiger partial charge is 0.294 e. The third-order valence-corrected chi connectivity index (χ3v) is 8.54. The van der Waals surface area contributed by atoms with Crippen LogP contribution in [0.4, 0.5) is 4.39 Å². The molecule has 1 unspecified atom stereocenters. The quantitative estimate of drug-likeness (QED) is 0.407. The molecular formula is C31H34FN3O8. The van der Waals surface area contributed by atoms with Gasteiger partial charge in [-0.2, -0.15) is 0 Å². The second-order valence-electron chi connectivity index (χ2n) is 11.8. The van der Waals surface area contributed by atoms with Gasteiger partial charge in [0, 0.05) is 30.8 Å². The van der Waals surface area contributed by atoms with Crippen LogP contribution in [0.15, 0.2) is 40.8 Å². The summed E-state index contributed by atoms with van der Waals surface area (Å²) in [5, 5.41) is 6.32. The molecule has 2 aliphatic heterocycles. The fourth-order valence-corrected chi connectivity index (χ4v) is 5.88. The number of amides is 3. The van der Waals surface area contributed by atoms with Gasteiger partial charge < -0.3 is 38.9 Å². The second-order valence-corrected chi connectivity index (χ2v) is 11.8. The molecule has 1 saturated carbocycles. The third kappa shape index (κ3) is 5.08. The zero-order chi connectivity index (χ0) is 30.5. The maximum absolute atomic E-state index is 14.2. The molecule has 3 aromatic rings. The number of hydrogen-bond acceptors (Lipinski definition) is 8. The van der Waals surface area contributed by atoms with Gasteiger partial charge in [-0.15, -0.1) is 0 Å². The van der Waals surface area contributed by atoms with Gasteiger partial charge in [-0.1, -0.05) is 0 Å². The van der Waals surface area contributed by atoms with E-state index in [2.05, 4.69) is 10.6 Å². The minimum Gasteiger partial charge on any atom is -0.496 e. The lowest BCUT2D eigenvalue weighted by molar-refractivity contribution is -0.138. The van der Waals surface area contributed by atoms with Crippen molar-refractivity contribution in [1.82, 2.24) is 15.5 Å². The van der Waals surface area contributed by atoms with Crippen molar-refractivity contribution < 1.29 is 42.1 Å². The molecule has 0 spiro atoms. The van der Waals surface area contributed by atoms with Crippen molar-refractivity contribution in [2.75, 3.05) is 34.0 Å². The van der Waals surface area contributed by atoms with Crippen LogP contribution in [0.2, 0.25) is 0 Å². The molecule has 0 bridgehead atoms. The molecule has 1 aromatic heterocycles. The largest absolute Gasteiger partial charge is 0.496 e. The zero-order valence-electron chi connectivity index (χ0n) is 24.5. The summed E-state index contributed by atoms with van der Waals surface area (Å²) in [6, 6.07) is 8.63. The second kappa shape index (κ2) is 10.8. The molecule has 2 fully saturated rings. The van der Waals surface area contributed by atoms with E-state index in [4.69, 9.17) is 23.4 Å². The Hall–Kier alpha value is -4.16. The van der Waals surface area contributed by atoms with Gasteiger partial charge in [0.15, 0.2) is 11.3 Å². The van der Waals surface area contributed by atoms with Crippen LogP contribution in [0, 0.1) is 5.82 Å². The molecule has 43 heavy (non-hydrogen) atoms. The number of fused-ring (bicyclic) bond motifs is 3. The standard InChI is InChI=1S/C31H34FN3O8/c1-30(14-41-15-30)34-27(36)17-5-7-22-24(10-17)43-26-25(22)42-16-31(2,35(28(26)37)20-11-21(12-20)39-3)29(38)33-13-18-9-19(32)6-8-23(18)40-4/h5-10,20-21H,11-16H2,1-4H3,(H,33,38)(H,34,36)/t20-,21+,31?. The molecule has 3 heterocycles. The molecule has 0 radical (unpaired) electrons. The number of carbonyl (C=O) groups is 3. The molecule has 12 heteroatoms. The Morgan fingerprint density at radius 1 is 1.09 bits per heavy atom. The van der Waals surface area contributed by atoms with E-state index < -0.39 is 28.7 Å². The average Bonchev–Trinajstić information content (AvgIpc) is 3.28. The first kappa shape index (κ1) is 28.9. The molecule has 2 aromatic carbocycles. The van der Waals surface area contributed by atoms with Crippen molar-refractivity contribution in [3.8, 4) is 11.5 Å². The van der Waals surface area contributed by atoms with Gasteiger partial charge in [-0.05, 0) is 63.1 Å². The van der Waals surface area contributed by atoms with Crippen LogP contribution >= 0.6 is 0 Å². The Morgan fingerprint density at radius 3 is 2.53 bits per heavy atom. The number of benzene rings is 2. The van der Waals surface area contributed by atoms with Crippen LogP contribution in [0.25, 0.3) is 11.0 Å². The number of ether oxygens (including phenoxy) is 4. The number of nitrogens with one attached hydrogen (secondary N) is 2. The normalized spacial score (nSPS) is 24.2. The lowest BCUT2D eigenvalue weighted by Gasteiger charge is -2.48. The first-order chi connectivity index (χ1) is 20.5. The van der Waals surface area contributed by atoms with Crippen LogP contribution in [0.5, 0.6) is 11.5 Å². The van der Waals surface area contributed by atoms with Gasteiger partial charge in [0.25, 0.3) is 11.8 Å². The highest BCUT2D eigenvalue weighted by atomic mass is 19.1. The monoisotopic (exact) mass is 595 g/mol. The predicted molar refractivity (Wildman–Crippen MR) is 152 cm³/mol. The highest BCUT2D eigenvalue weighted by Gasteiger charge is 2.53. The van der Waals surface area contributed by atoms with E-state index in [0.717, 1.165) is 0 Å². The molecule has 1 saturated heterocycles. The summed E-state index contributed by atoms with van der Waals surface area (Å²) in [5.74, 6) is -1.14. The minimum atomic E-state index is -1.44. The number of furan rings is 1. The Balaban J connectivity index is 1.30. The van der Waals surface area contributed by atoms with E-state index in [1.54, 1.807) is 32.2 Å². The Labute approximate surface area is 247 Å². The summed E-state index contributed by atoms with van der Waals surface area (Å²) in [5.41, 5.74) is -0.732. The van der Waals surface area contributed by atoms with Crippen LogP contribution in [0.1, 0.15) is 53.2 Å². The van der Waals surface area contributed by atoms with Crippen molar-refractivity contribution in [2.45, 2.75) is 56.5 Å². The molecule has 3 aliphatic rings. The maximum Gasteiger partial charge on any atom is 0.294 e. The van der Waals surface area contributed by atoms with Crippen molar-refractivity contribution in [3.63, 3.8) is 0 Å². The molecule has 228 valence electrons. The van der Waals surface area contributed by atoms with Gasteiger partial charge >= 0.3 is 0 Å². The summed E-state index contributed by atoms with van der Waals surface area (Å²) in [6.07, 6.45) is 1.01. The van der Waals surface area contributed by atoms with Crippen LogP contribution in [-0.2, 0) is 20.8 Å². The Kier molecular flexibility index (Phi) is 7.29. The van der Waals surface area contributed by atoms with E-state index in [-0.39, 0.29) is 42.7 Å². The summed E-state index contributed by atoms with van der Waals surface area (Å²) in [7, 11) is 3.07. The number of methoxy groups -OCH3 is 2. The van der Waals surface area contributed by atoms with E-state index in [1.165, 1.54) is 30.2 Å². The Morgan fingerprint density at radius 2 is 1.86 bits per heavy atom. The average molecular weight is 596 g/mol. The van der Waals surface area contributed by atoms with Gasteiger partial charge in [0.05, 0.1) is 37.4 Å². The zero-order valence-corrected chi connectivity index (χ0v) is 24.5. The van der Waals surface area contributed by atoms with Crippen LogP contribution < -0.4 is 20.1 Å². The number of nitrogens with zero attached hydrogens (tertiary/aromatic N) is 1. The summed E-state index contributed by atoms with van der Waals surface area (Å²) in [6.45, 7) is 4.22. The molecular weight excluding hydrogens is 561 g/mol. The van der Waals surface area contributed by atoms with Crippen molar-refractivity contribution in [1.29, 1.82) is 0 Å². The summed E-state index contributed by atoms with van der Waals surface area (Å²) < 4.78 is 42.2. The Bertz CT molecular complexity index is 1600. The van der Waals surface area contributed by atoms with E-state index >= 15 is 0 Å². The van der Waals surface area contributed by atoms with Gasteiger partial charge in [-0.25, -0.2) is 4.39 Å². The van der Waals surface area contributed by atoms with Gasteiger partial charge in [0.1, 0.15) is 23.8 Å². The molecule has 3 amide bonds. The van der Waals surface area contributed by atoms with E-state index in [9.17, 15) is 18.8 Å². The maximum atomic E-state index is 14.2. The third-order valence-electron chi connectivity index (χ3n) is 8.54. The lowest BCUT2D eigenvalue weighted by atomic mass is 9.83.